The third-order valence-electron chi connectivity index (χ3n) is 9.07. The molecule has 1 aromatic rings. The van der Waals surface area contributed by atoms with Crippen LogP contribution in [0.1, 0.15) is 83.6 Å². The van der Waals surface area contributed by atoms with Crippen LogP contribution >= 0.6 is 0 Å². The zero-order valence-electron chi connectivity index (χ0n) is 23.3. The average molecular weight is 525 g/mol. The van der Waals surface area contributed by atoms with Crippen LogP contribution in [0.5, 0.6) is 0 Å². The highest BCUT2D eigenvalue weighted by Crippen LogP contribution is 2.49. The minimum absolute atomic E-state index is 0.172. The largest absolute Gasteiger partial charge is 0.444 e. The van der Waals surface area contributed by atoms with E-state index in [0.29, 0.717) is 24.2 Å². The quantitative estimate of drug-likeness (QED) is 0.562. The highest BCUT2D eigenvalue weighted by molar-refractivity contribution is 6.00. The van der Waals surface area contributed by atoms with Gasteiger partial charge in [-0.25, -0.2) is 4.79 Å². The molecule has 1 aromatic carbocycles. The van der Waals surface area contributed by atoms with E-state index in [1.165, 1.54) is 37.8 Å². The molecule has 5 rings (SSSR count). The fraction of sp³-hybridized carbons (Fsp3) is 0.700. The number of ether oxygens (including phenoxy) is 1. The first-order valence-corrected chi connectivity index (χ1v) is 14.5. The molecular formula is C30H44N4O4. The van der Waals surface area contributed by atoms with Crippen LogP contribution in [0.25, 0.3) is 0 Å². The van der Waals surface area contributed by atoms with Crippen LogP contribution in [0, 0.1) is 11.3 Å². The first-order valence-electron chi connectivity index (χ1n) is 14.5. The number of fused-ring (bicyclic) bond motifs is 2. The molecule has 2 saturated carbocycles. The lowest BCUT2D eigenvalue weighted by atomic mass is 9.60. The van der Waals surface area contributed by atoms with E-state index in [0.717, 1.165) is 44.7 Å². The smallest absolute Gasteiger partial charge is 0.407 e. The van der Waals surface area contributed by atoms with Crippen molar-refractivity contribution in [1.29, 1.82) is 0 Å². The van der Waals surface area contributed by atoms with Gasteiger partial charge in [-0.1, -0.05) is 18.6 Å². The molecule has 4 unspecified atom stereocenters. The maximum atomic E-state index is 12.4. The number of anilines is 1. The van der Waals surface area contributed by atoms with Gasteiger partial charge in [-0.15, -0.1) is 0 Å². The molecule has 8 heteroatoms. The molecule has 8 nitrogen and oxygen atoms in total. The van der Waals surface area contributed by atoms with Crippen LogP contribution in [-0.2, 0) is 14.3 Å². The molecule has 2 heterocycles. The second kappa shape index (κ2) is 10.9. The summed E-state index contributed by atoms with van der Waals surface area (Å²) in [5.74, 6) is -0.0306. The SMILES string of the molecule is CC(C)(C)OC(=O)NC1CCC2(CN3CCN(c4ccc(C5CCC(=O)NC5=O)cc4)CC3)CCCC1C2. The monoisotopic (exact) mass is 524 g/mol. The Hall–Kier alpha value is -2.61. The molecule has 208 valence electrons. The van der Waals surface area contributed by atoms with E-state index in [2.05, 4.69) is 32.6 Å². The van der Waals surface area contributed by atoms with Crippen LogP contribution in [0.15, 0.2) is 24.3 Å². The molecule has 2 bridgehead atoms. The van der Waals surface area contributed by atoms with Gasteiger partial charge in [0.25, 0.3) is 0 Å². The Bertz CT molecular complexity index is 1030. The second-order valence-corrected chi connectivity index (χ2v) is 13.0. The third-order valence-corrected chi connectivity index (χ3v) is 9.07. The fourth-order valence-corrected chi connectivity index (χ4v) is 7.21. The lowest BCUT2D eigenvalue weighted by molar-refractivity contribution is -0.134. The van der Waals surface area contributed by atoms with Crippen molar-refractivity contribution < 1.29 is 19.1 Å². The molecule has 2 saturated heterocycles. The maximum Gasteiger partial charge on any atom is 0.407 e. The van der Waals surface area contributed by atoms with Crippen molar-refractivity contribution in [2.24, 2.45) is 11.3 Å². The zero-order valence-corrected chi connectivity index (χ0v) is 23.3. The summed E-state index contributed by atoms with van der Waals surface area (Å²) in [7, 11) is 0. The van der Waals surface area contributed by atoms with E-state index >= 15 is 0 Å². The summed E-state index contributed by atoms with van der Waals surface area (Å²) in [5, 5.41) is 5.65. The number of piperazine rings is 1. The Morgan fingerprint density at radius 1 is 1.05 bits per heavy atom. The van der Waals surface area contributed by atoms with E-state index in [-0.39, 0.29) is 29.9 Å². The van der Waals surface area contributed by atoms with Gasteiger partial charge in [0.05, 0.1) is 5.92 Å². The predicted molar refractivity (Wildman–Crippen MR) is 147 cm³/mol. The van der Waals surface area contributed by atoms with Crippen molar-refractivity contribution in [1.82, 2.24) is 15.5 Å². The lowest BCUT2D eigenvalue weighted by Crippen LogP contribution is -2.55. The number of carbonyl (C=O) groups is 3. The first kappa shape index (κ1) is 27.0. The number of amides is 3. The molecule has 4 atom stereocenters. The molecule has 38 heavy (non-hydrogen) atoms. The molecule has 4 aliphatic rings. The minimum Gasteiger partial charge on any atom is -0.444 e. The van der Waals surface area contributed by atoms with Crippen molar-refractivity contribution in [3.63, 3.8) is 0 Å². The molecular weight excluding hydrogens is 480 g/mol. The number of benzene rings is 1. The highest BCUT2D eigenvalue weighted by atomic mass is 16.6. The van der Waals surface area contributed by atoms with Gasteiger partial charge in [-0.05, 0) is 88.3 Å². The molecule has 0 aromatic heterocycles. The van der Waals surface area contributed by atoms with Gasteiger partial charge >= 0.3 is 6.09 Å². The number of nitrogens with zero attached hydrogens (tertiary/aromatic N) is 2. The Morgan fingerprint density at radius 3 is 2.47 bits per heavy atom. The average Bonchev–Trinajstić information content (AvgIpc) is 2.86. The zero-order chi connectivity index (χ0) is 26.9. The van der Waals surface area contributed by atoms with Crippen LogP contribution in [0.4, 0.5) is 10.5 Å². The van der Waals surface area contributed by atoms with Crippen molar-refractivity contribution in [2.75, 3.05) is 37.6 Å². The number of piperidine rings is 1. The number of carbonyl (C=O) groups excluding carboxylic acids is 3. The molecule has 0 radical (unpaired) electrons. The maximum absolute atomic E-state index is 12.4. The van der Waals surface area contributed by atoms with Crippen molar-refractivity contribution >= 4 is 23.6 Å². The number of hydrogen-bond acceptors (Lipinski definition) is 6. The standard InChI is InChI=1S/C30H44N4O4/c1-29(2,3)38-28(37)31-25-12-14-30(13-4-5-22(25)19-30)20-33-15-17-34(18-16-33)23-8-6-21(7-9-23)24-10-11-26(35)32-27(24)36/h6-9,22,24-25H,4-5,10-20H2,1-3H3,(H,31,37)(H,32,35,36). The van der Waals surface area contributed by atoms with Crippen LogP contribution in [0.2, 0.25) is 0 Å². The van der Waals surface area contributed by atoms with Crippen molar-refractivity contribution in [3.05, 3.63) is 29.8 Å². The van der Waals surface area contributed by atoms with E-state index in [1.807, 2.05) is 32.9 Å². The topological polar surface area (TPSA) is 91.0 Å². The Kier molecular flexibility index (Phi) is 7.72. The summed E-state index contributed by atoms with van der Waals surface area (Å²) in [5.41, 5.74) is 2.10. The molecule has 0 spiro atoms. The number of nitrogens with one attached hydrogen (secondary N) is 2. The Labute approximate surface area is 226 Å². The number of alkyl carbamates (subject to hydrolysis) is 1. The van der Waals surface area contributed by atoms with E-state index in [9.17, 15) is 14.4 Å². The summed E-state index contributed by atoms with van der Waals surface area (Å²) < 4.78 is 5.52. The van der Waals surface area contributed by atoms with E-state index < -0.39 is 5.60 Å². The fourth-order valence-electron chi connectivity index (χ4n) is 7.21. The molecule has 3 amide bonds. The summed E-state index contributed by atoms with van der Waals surface area (Å²) in [6, 6.07) is 8.58. The number of imide groups is 1. The summed E-state index contributed by atoms with van der Waals surface area (Å²) in [6.07, 6.45) is 7.88. The van der Waals surface area contributed by atoms with E-state index in [4.69, 9.17) is 4.74 Å². The molecule has 2 aliphatic heterocycles. The summed E-state index contributed by atoms with van der Waals surface area (Å²) in [6.45, 7) is 11.0. The molecule has 2 aliphatic carbocycles. The van der Waals surface area contributed by atoms with Gasteiger partial charge in [0, 0.05) is 50.9 Å². The van der Waals surface area contributed by atoms with Crippen LogP contribution < -0.4 is 15.5 Å². The van der Waals surface area contributed by atoms with Gasteiger partial charge in [0.15, 0.2) is 0 Å². The van der Waals surface area contributed by atoms with Gasteiger partial charge in [0.1, 0.15) is 5.60 Å². The Morgan fingerprint density at radius 2 is 1.79 bits per heavy atom. The van der Waals surface area contributed by atoms with Crippen molar-refractivity contribution in [2.45, 2.75) is 89.7 Å². The lowest BCUT2D eigenvalue weighted by Gasteiger charge is -2.51. The van der Waals surface area contributed by atoms with Crippen LogP contribution in [-0.4, -0.2) is 67.2 Å². The minimum atomic E-state index is -0.465. The second-order valence-electron chi connectivity index (χ2n) is 13.0. The number of hydrogen-bond donors (Lipinski definition) is 2. The first-order chi connectivity index (χ1) is 18.1. The predicted octanol–water partition coefficient (Wildman–Crippen LogP) is 4.19. The van der Waals surface area contributed by atoms with Crippen LogP contribution in [0.3, 0.4) is 0 Å². The van der Waals surface area contributed by atoms with Gasteiger partial charge < -0.3 is 15.0 Å². The number of rotatable bonds is 5. The highest BCUT2D eigenvalue weighted by Gasteiger charge is 2.45. The van der Waals surface area contributed by atoms with Gasteiger partial charge in [-0.2, -0.15) is 0 Å². The summed E-state index contributed by atoms with van der Waals surface area (Å²) in [4.78, 5) is 41.1. The normalized spacial score (nSPS) is 30.5. The van der Waals surface area contributed by atoms with Crippen molar-refractivity contribution in [3.8, 4) is 0 Å². The van der Waals surface area contributed by atoms with Gasteiger partial charge in [-0.3, -0.25) is 19.8 Å². The van der Waals surface area contributed by atoms with Gasteiger partial charge in [0.2, 0.25) is 11.8 Å². The Balaban J connectivity index is 1.11. The van der Waals surface area contributed by atoms with E-state index in [1.54, 1.807) is 0 Å². The summed E-state index contributed by atoms with van der Waals surface area (Å²) >= 11 is 0. The molecule has 2 N–H and O–H groups in total. The molecule has 4 fully saturated rings. The third kappa shape index (κ3) is 6.33.